The predicted molar refractivity (Wildman–Crippen MR) is 83.7 cm³/mol. The number of aromatic nitrogens is 2. The molecule has 0 fully saturated rings. The summed E-state index contributed by atoms with van der Waals surface area (Å²) in [7, 11) is 0. The molecule has 0 aliphatic carbocycles. The molecule has 0 saturated heterocycles. The SMILES string of the molecule is CC(C)(C)C(c1cccc(C(=O)O)n1)c1cccc(C(=O)O)n1. The maximum atomic E-state index is 11.1. The normalized spacial score (nSPS) is 11.5. The average molecular weight is 314 g/mol. The van der Waals surface area contributed by atoms with Gasteiger partial charge in [-0.25, -0.2) is 19.6 Å². The zero-order valence-corrected chi connectivity index (χ0v) is 13.1. The van der Waals surface area contributed by atoms with Gasteiger partial charge in [-0.05, 0) is 29.7 Å². The average Bonchev–Trinajstić information content (AvgIpc) is 2.46. The summed E-state index contributed by atoms with van der Waals surface area (Å²) in [5.74, 6) is -2.54. The Kier molecular flexibility index (Phi) is 4.45. The molecule has 120 valence electrons. The minimum atomic E-state index is -1.10. The molecule has 2 rings (SSSR count). The van der Waals surface area contributed by atoms with Gasteiger partial charge in [0.25, 0.3) is 0 Å². The van der Waals surface area contributed by atoms with Crippen LogP contribution < -0.4 is 0 Å². The highest BCUT2D eigenvalue weighted by Gasteiger charge is 2.31. The van der Waals surface area contributed by atoms with Crippen LogP contribution in [0, 0.1) is 5.41 Å². The van der Waals surface area contributed by atoms with Gasteiger partial charge in [0.2, 0.25) is 0 Å². The molecule has 0 aromatic carbocycles. The second kappa shape index (κ2) is 6.16. The van der Waals surface area contributed by atoms with Gasteiger partial charge in [0.1, 0.15) is 11.4 Å². The fraction of sp³-hybridized carbons (Fsp3) is 0.294. The van der Waals surface area contributed by atoms with Gasteiger partial charge < -0.3 is 10.2 Å². The zero-order valence-electron chi connectivity index (χ0n) is 13.1. The summed E-state index contributed by atoms with van der Waals surface area (Å²) in [6, 6.07) is 9.57. The minimum absolute atomic E-state index is 0.0499. The monoisotopic (exact) mass is 314 g/mol. The predicted octanol–water partition coefficient (Wildman–Crippen LogP) is 3.05. The Hall–Kier alpha value is -2.76. The maximum Gasteiger partial charge on any atom is 0.354 e. The van der Waals surface area contributed by atoms with Crippen molar-refractivity contribution in [1.29, 1.82) is 0 Å². The Morgan fingerprint density at radius 1 is 0.870 bits per heavy atom. The van der Waals surface area contributed by atoms with E-state index in [1.165, 1.54) is 12.1 Å². The molecule has 2 heterocycles. The number of nitrogens with zero attached hydrogens (tertiary/aromatic N) is 2. The van der Waals surface area contributed by atoms with E-state index in [1.54, 1.807) is 24.3 Å². The van der Waals surface area contributed by atoms with Crippen molar-refractivity contribution in [1.82, 2.24) is 9.97 Å². The largest absolute Gasteiger partial charge is 0.477 e. The molecule has 6 nitrogen and oxygen atoms in total. The van der Waals surface area contributed by atoms with E-state index in [1.807, 2.05) is 20.8 Å². The third-order valence-electron chi connectivity index (χ3n) is 3.44. The number of hydrogen-bond acceptors (Lipinski definition) is 4. The van der Waals surface area contributed by atoms with Crippen LogP contribution >= 0.6 is 0 Å². The number of pyridine rings is 2. The first-order valence-corrected chi connectivity index (χ1v) is 7.10. The fourth-order valence-electron chi connectivity index (χ4n) is 2.50. The summed E-state index contributed by atoms with van der Waals surface area (Å²) < 4.78 is 0. The summed E-state index contributed by atoms with van der Waals surface area (Å²) in [5, 5.41) is 18.3. The molecule has 0 atom stereocenters. The molecule has 6 heteroatoms. The first-order valence-electron chi connectivity index (χ1n) is 7.10. The number of rotatable bonds is 4. The minimum Gasteiger partial charge on any atom is -0.477 e. The van der Waals surface area contributed by atoms with Crippen molar-refractivity contribution in [2.24, 2.45) is 5.41 Å². The van der Waals surface area contributed by atoms with Crippen LogP contribution in [0.25, 0.3) is 0 Å². The molecular formula is C17H18N2O4. The van der Waals surface area contributed by atoms with E-state index in [4.69, 9.17) is 10.2 Å². The van der Waals surface area contributed by atoms with Crippen LogP contribution in [-0.4, -0.2) is 32.1 Å². The summed E-state index contributed by atoms with van der Waals surface area (Å²) in [5.41, 5.74) is 0.672. The van der Waals surface area contributed by atoms with Crippen LogP contribution in [-0.2, 0) is 0 Å². The number of carbonyl (C=O) groups is 2. The first-order chi connectivity index (χ1) is 10.7. The Morgan fingerprint density at radius 3 is 1.57 bits per heavy atom. The lowest BCUT2D eigenvalue weighted by atomic mass is 9.76. The van der Waals surface area contributed by atoms with E-state index in [9.17, 15) is 9.59 Å². The molecule has 2 aromatic heterocycles. The van der Waals surface area contributed by atoms with E-state index >= 15 is 0 Å². The van der Waals surface area contributed by atoms with Gasteiger partial charge in [-0.1, -0.05) is 32.9 Å². The Balaban J connectivity index is 2.59. The van der Waals surface area contributed by atoms with Gasteiger partial charge in [-0.15, -0.1) is 0 Å². The number of carboxylic acid groups (broad SMARTS) is 2. The lowest BCUT2D eigenvalue weighted by Crippen LogP contribution is -2.23. The van der Waals surface area contributed by atoms with Crippen LogP contribution in [0.4, 0.5) is 0 Å². The van der Waals surface area contributed by atoms with Crippen molar-refractivity contribution in [3.8, 4) is 0 Å². The lowest BCUT2D eigenvalue weighted by Gasteiger charge is -2.30. The number of aromatic carboxylic acids is 2. The molecule has 0 spiro atoms. The highest BCUT2D eigenvalue weighted by atomic mass is 16.4. The Bertz CT molecular complexity index is 693. The second-order valence-electron chi connectivity index (χ2n) is 6.30. The topological polar surface area (TPSA) is 100 Å². The van der Waals surface area contributed by atoms with Crippen LogP contribution in [0.3, 0.4) is 0 Å². The highest BCUT2D eigenvalue weighted by Crippen LogP contribution is 2.38. The van der Waals surface area contributed by atoms with E-state index in [2.05, 4.69) is 9.97 Å². The summed E-state index contributed by atoms with van der Waals surface area (Å²) in [6.07, 6.45) is 0. The van der Waals surface area contributed by atoms with Crippen molar-refractivity contribution in [2.45, 2.75) is 26.7 Å². The lowest BCUT2D eigenvalue weighted by molar-refractivity contribution is 0.0680. The van der Waals surface area contributed by atoms with Crippen LogP contribution in [0.2, 0.25) is 0 Å². The summed E-state index contributed by atoms with van der Waals surface area (Å²) in [6.45, 7) is 5.92. The van der Waals surface area contributed by atoms with Crippen molar-refractivity contribution in [2.75, 3.05) is 0 Å². The molecule has 2 N–H and O–H groups in total. The molecule has 0 unspecified atom stereocenters. The first kappa shape index (κ1) is 16.6. The van der Waals surface area contributed by atoms with Gasteiger partial charge in [0.15, 0.2) is 0 Å². The van der Waals surface area contributed by atoms with Gasteiger partial charge in [-0.3, -0.25) is 0 Å². The molecule has 0 saturated carbocycles. The van der Waals surface area contributed by atoms with Crippen LogP contribution in [0.5, 0.6) is 0 Å². The van der Waals surface area contributed by atoms with Gasteiger partial charge in [0, 0.05) is 5.92 Å². The van der Waals surface area contributed by atoms with Crippen molar-refractivity contribution in [3.63, 3.8) is 0 Å². The maximum absolute atomic E-state index is 11.1. The van der Waals surface area contributed by atoms with Gasteiger partial charge in [-0.2, -0.15) is 0 Å². The molecular weight excluding hydrogens is 296 g/mol. The van der Waals surface area contributed by atoms with Crippen LogP contribution in [0.15, 0.2) is 36.4 Å². The van der Waals surface area contributed by atoms with Gasteiger partial charge >= 0.3 is 11.9 Å². The van der Waals surface area contributed by atoms with Gasteiger partial charge in [0.05, 0.1) is 11.4 Å². The smallest absolute Gasteiger partial charge is 0.354 e. The van der Waals surface area contributed by atoms with E-state index in [-0.39, 0.29) is 22.7 Å². The zero-order chi connectivity index (χ0) is 17.2. The van der Waals surface area contributed by atoms with Crippen molar-refractivity contribution in [3.05, 3.63) is 59.2 Å². The molecule has 23 heavy (non-hydrogen) atoms. The fourth-order valence-corrected chi connectivity index (χ4v) is 2.50. The Labute approximate surface area is 133 Å². The van der Waals surface area contributed by atoms with E-state index < -0.39 is 11.9 Å². The standard InChI is InChI=1S/C17H18N2O4/c1-17(2,3)14(10-6-4-8-12(18-10)15(20)21)11-7-5-9-13(19-11)16(22)23/h4-9,14H,1-3H3,(H,20,21)(H,22,23). The highest BCUT2D eigenvalue weighted by molar-refractivity contribution is 5.85. The molecule has 0 amide bonds. The Morgan fingerprint density at radius 2 is 1.26 bits per heavy atom. The third kappa shape index (κ3) is 3.71. The molecule has 2 aromatic rings. The van der Waals surface area contributed by atoms with E-state index in [0.717, 1.165) is 0 Å². The van der Waals surface area contributed by atoms with Crippen LogP contribution in [0.1, 0.15) is 59.1 Å². The third-order valence-corrected chi connectivity index (χ3v) is 3.44. The number of hydrogen-bond donors (Lipinski definition) is 2. The van der Waals surface area contributed by atoms with Crippen molar-refractivity contribution >= 4 is 11.9 Å². The summed E-state index contributed by atoms with van der Waals surface area (Å²) >= 11 is 0. The molecule has 0 aliphatic heterocycles. The number of carboxylic acids is 2. The van der Waals surface area contributed by atoms with Crippen molar-refractivity contribution < 1.29 is 19.8 Å². The van der Waals surface area contributed by atoms with E-state index in [0.29, 0.717) is 11.4 Å². The molecule has 0 radical (unpaired) electrons. The second-order valence-corrected chi connectivity index (χ2v) is 6.30. The molecule has 0 bridgehead atoms. The summed E-state index contributed by atoms with van der Waals surface area (Å²) in [4.78, 5) is 30.7. The molecule has 0 aliphatic rings. The quantitative estimate of drug-likeness (QED) is 0.899.